The molecule has 0 aliphatic heterocycles. The molecule has 0 aromatic heterocycles. The smallest absolute Gasteiger partial charge is 0.223 e. The van der Waals surface area contributed by atoms with Gasteiger partial charge >= 0.3 is 0 Å². The maximum absolute atomic E-state index is 12.3. The van der Waals surface area contributed by atoms with Crippen LogP contribution in [0.4, 0.5) is 0 Å². The Morgan fingerprint density at radius 2 is 1.57 bits per heavy atom. The second kappa shape index (κ2) is 5.73. The molecule has 5 fully saturated rings. The van der Waals surface area contributed by atoms with E-state index in [-0.39, 0.29) is 30.3 Å². The van der Waals surface area contributed by atoms with Crippen LogP contribution in [0.15, 0.2) is 0 Å². The minimum absolute atomic E-state index is 0. The van der Waals surface area contributed by atoms with Gasteiger partial charge < -0.3 is 11.1 Å². The number of carbonyl (C=O) groups is 1. The molecule has 5 aliphatic carbocycles. The monoisotopic (exact) mass is 312 g/mol. The number of rotatable bonds is 3. The van der Waals surface area contributed by atoms with Crippen molar-refractivity contribution in [1.82, 2.24) is 5.32 Å². The first-order valence-corrected chi connectivity index (χ1v) is 8.65. The largest absolute Gasteiger partial charge is 0.355 e. The first-order valence-electron chi connectivity index (χ1n) is 8.65. The van der Waals surface area contributed by atoms with Crippen molar-refractivity contribution in [3.8, 4) is 0 Å². The second-order valence-corrected chi connectivity index (χ2v) is 8.41. The highest BCUT2D eigenvalue weighted by atomic mass is 35.5. The van der Waals surface area contributed by atoms with Crippen LogP contribution in [0.5, 0.6) is 0 Å². The van der Waals surface area contributed by atoms with Gasteiger partial charge in [-0.25, -0.2) is 0 Å². The lowest BCUT2D eigenvalue weighted by Gasteiger charge is -2.57. The van der Waals surface area contributed by atoms with Crippen molar-refractivity contribution >= 4 is 18.3 Å². The third-order valence-corrected chi connectivity index (χ3v) is 6.65. The first kappa shape index (κ1) is 15.6. The van der Waals surface area contributed by atoms with Crippen LogP contribution in [0.2, 0.25) is 0 Å². The van der Waals surface area contributed by atoms with Crippen LogP contribution in [0.3, 0.4) is 0 Å². The average Bonchev–Trinajstić information content (AvgIpc) is 2.81. The fourth-order valence-electron chi connectivity index (χ4n) is 6.18. The summed E-state index contributed by atoms with van der Waals surface area (Å²) in [4.78, 5) is 12.3. The van der Waals surface area contributed by atoms with E-state index in [0.29, 0.717) is 5.41 Å². The molecule has 5 aliphatic rings. The summed E-state index contributed by atoms with van der Waals surface area (Å²) in [5.74, 6) is 3.39. The Balaban J connectivity index is 0.00000132. The quantitative estimate of drug-likeness (QED) is 0.842. The van der Waals surface area contributed by atoms with Crippen LogP contribution in [-0.4, -0.2) is 18.5 Å². The van der Waals surface area contributed by atoms with Crippen molar-refractivity contribution in [2.75, 3.05) is 6.54 Å². The standard InChI is InChI=1S/C17H28N2O.ClH/c18-15-2-1-14(6-15)16(20)19-10-17-7-11-3-12(8-17)5-13(4-11)9-17;/h11-15H,1-10,18H2,(H,19,20);1H. The summed E-state index contributed by atoms with van der Waals surface area (Å²) in [5.41, 5.74) is 6.39. The Hall–Kier alpha value is -0.280. The van der Waals surface area contributed by atoms with Crippen LogP contribution in [0, 0.1) is 29.1 Å². The molecule has 3 nitrogen and oxygen atoms in total. The van der Waals surface area contributed by atoms with E-state index in [0.717, 1.165) is 43.6 Å². The van der Waals surface area contributed by atoms with Crippen molar-refractivity contribution in [3.05, 3.63) is 0 Å². The Labute approximate surface area is 134 Å². The van der Waals surface area contributed by atoms with E-state index in [9.17, 15) is 4.79 Å². The van der Waals surface area contributed by atoms with Gasteiger partial charge in [0.15, 0.2) is 0 Å². The fourth-order valence-corrected chi connectivity index (χ4v) is 6.18. The molecule has 0 aromatic rings. The van der Waals surface area contributed by atoms with Gasteiger partial charge in [-0.1, -0.05) is 0 Å². The van der Waals surface area contributed by atoms with Crippen LogP contribution in [0.1, 0.15) is 57.8 Å². The maximum Gasteiger partial charge on any atom is 0.223 e. The number of amides is 1. The third kappa shape index (κ3) is 2.96. The Kier molecular flexibility index (Phi) is 4.26. The van der Waals surface area contributed by atoms with Crippen molar-refractivity contribution < 1.29 is 4.79 Å². The molecule has 2 atom stereocenters. The summed E-state index contributed by atoms with van der Waals surface area (Å²) < 4.78 is 0. The Bertz CT molecular complexity index is 376. The van der Waals surface area contributed by atoms with Crippen LogP contribution in [-0.2, 0) is 4.79 Å². The van der Waals surface area contributed by atoms with Gasteiger partial charge in [0, 0.05) is 18.5 Å². The molecule has 4 heteroatoms. The second-order valence-electron chi connectivity index (χ2n) is 8.41. The molecule has 5 rings (SSSR count). The number of halogens is 1. The summed E-state index contributed by atoms with van der Waals surface area (Å²) in [6.45, 7) is 0.946. The fraction of sp³-hybridized carbons (Fsp3) is 0.941. The zero-order valence-electron chi connectivity index (χ0n) is 12.9. The number of hydrogen-bond donors (Lipinski definition) is 2. The lowest BCUT2D eigenvalue weighted by atomic mass is 9.49. The van der Waals surface area contributed by atoms with E-state index in [2.05, 4.69) is 5.32 Å². The molecule has 0 heterocycles. The lowest BCUT2D eigenvalue weighted by molar-refractivity contribution is -0.127. The molecule has 3 N–H and O–H groups in total. The van der Waals surface area contributed by atoms with E-state index in [1.54, 1.807) is 0 Å². The van der Waals surface area contributed by atoms with Crippen LogP contribution >= 0.6 is 12.4 Å². The summed E-state index contributed by atoms with van der Waals surface area (Å²) >= 11 is 0. The molecular formula is C17H29ClN2O. The summed E-state index contributed by atoms with van der Waals surface area (Å²) in [6.07, 6.45) is 11.5. The van der Waals surface area contributed by atoms with E-state index in [4.69, 9.17) is 5.73 Å². The predicted octanol–water partition coefficient (Wildman–Crippen LogP) is 2.87. The highest BCUT2D eigenvalue weighted by Gasteiger charge is 2.50. The molecule has 4 bridgehead atoms. The summed E-state index contributed by atoms with van der Waals surface area (Å²) in [6, 6.07) is 0.255. The zero-order valence-corrected chi connectivity index (χ0v) is 13.7. The topological polar surface area (TPSA) is 55.1 Å². The molecule has 120 valence electrons. The van der Waals surface area contributed by atoms with Gasteiger partial charge in [-0.2, -0.15) is 0 Å². The maximum atomic E-state index is 12.3. The minimum atomic E-state index is 0. The predicted molar refractivity (Wildman–Crippen MR) is 86.2 cm³/mol. The molecule has 21 heavy (non-hydrogen) atoms. The molecule has 0 radical (unpaired) electrons. The van der Waals surface area contributed by atoms with Gasteiger partial charge in [0.1, 0.15) is 0 Å². The van der Waals surface area contributed by atoms with Gasteiger partial charge in [0.25, 0.3) is 0 Å². The molecule has 0 aromatic carbocycles. The van der Waals surface area contributed by atoms with Gasteiger partial charge in [0.2, 0.25) is 5.91 Å². The molecule has 5 saturated carbocycles. The van der Waals surface area contributed by atoms with Crippen molar-refractivity contribution in [1.29, 1.82) is 0 Å². The average molecular weight is 313 g/mol. The Morgan fingerprint density at radius 1 is 1.00 bits per heavy atom. The SMILES string of the molecule is Cl.NC1CCC(C(=O)NCC23CC4CC(CC(C4)C2)C3)C1. The van der Waals surface area contributed by atoms with E-state index >= 15 is 0 Å². The molecule has 2 unspecified atom stereocenters. The van der Waals surface area contributed by atoms with Crippen LogP contribution in [0.25, 0.3) is 0 Å². The van der Waals surface area contributed by atoms with Gasteiger partial charge in [-0.3, -0.25) is 4.79 Å². The highest BCUT2D eigenvalue weighted by molar-refractivity contribution is 5.85. The number of carbonyl (C=O) groups excluding carboxylic acids is 1. The van der Waals surface area contributed by atoms with Crippen LogP contribution < -0.4 is 11.1 Å². The lowest BCUT2D eigenvalue weighted by Crippen LogP contribution is -2.51. The van der Waals surface area contributed by atoms with Crippen molar-refractivity contribution in [2.24, 2.45) is 34.8 Å². The van der Waals surface area contributed by atoms with Crippen molar-refractivity contribution in [3.63, 3.8) is 0 Å². The Morgan fingerprint density at radius 3 is 2.05 bits per heavy atom. The summed E-state index contributed by atoms with van der Waals surface area (Å²) in [5, 5.41) is 3.31. The number of nitrogens with two attached hydrogens (primary N) is 1. The molecular weight excluding hydrogens is 284 g/mol. The molecule has 0 saturated heterocycles. The number of hydrogen-bond acceptors (Lipinski definition) is 2. The first-order chi connectivity index (χ1) is 9.62. The molecule has 1 amide bonds. The number of nitrogens with one attached hydrogen (secondary N) is 1. The third-order valence-electron chi connectivity index (χ3n) is 6.65. The van der Waals surface area contributed by atoms with E-state index in [1.807, 2.05) is 0 Å². The summed E-state index contributed by atoms with van der Waals surface area (Å²) in [7, 11) is 0. The zero-order chi connectivity index (χ0) is 13.7. The van der Waals surface area contributed by atoms with Crippen molar-refractivity contribution in [2.45, 2.75) is 63.8 Å². The molecule has 0 spiro atoms. The van der Waals surface area contributed by atoms with E-state index < -0.39 is 0 Å². The highest BCUT2D eigenvalue weighted by Crippen LogP contribution is 2.59. The minimum Gasteiger partial charge on any atom is -0.355 e. The normalized spacial score (nSPS) is 47.2. The van der Waals surface area contributed by atoms with E-state index in [1.165, 1.54) is 38.5 Å². The van der Waals surface area contributed by atoms with Gasteiger partial charge in [-0.15, -0.1) is 12.4 Å². The van der Waals surface area contributed by atoms with Gasteiger partial charge in [0.05, 0.1) is 0 Å². The van der Waals surface area contributed by atoms with Gasteiger partial charge in [-0.05, 0) is 81.0 Å².